The van der Waals surface area contributed by atoms with Gasteiger partial charge in [-0.05, 0) is 62.6 Å². The molecular formula is C23H32N2O2. The van der Waals surface area contributed by atoms with Gasteiger partial charge in [-0.25, -0.2) is 0 Å². The van der Waals surface area contributed by atoms with Gasteiger partial charge in [0, 0.05) is 43.6 Å². The van der Waals surface area contributed by atoms with Crippen molar-refractivity contribution >= 4 is 5.91 Å². The molecule has 146 valence electrons. The molecular weight excluding hydrogens is 336 g/mol. The number of rotatable bonds is 5. The molecule has 0 unspecified atom stereocenters. The van der Waals surface area contributed by atoms with Gasteiger partial charge in [0.15, 0.2) is 0 Å². The molecule has 1 aromatic rings. The van der Waals surface area contributed by atoms with Crippen LogP contribution in [0.3, 0.4) is 0 Å². The summed E-state index contributed by atoms with van der Waals surface area (Å²) in [5, 5.41) is 3.24. The largest absolute Gasteiger partial charge is 0.370 e. The average molecular weight is 369 g/mol. The molecule has 27 heavy (non-hydrogen) atoms. The van der Waals surface area contributed by atoms with E-state index >= 15 is 0 Å². The third kappa shape index (κ3) is 2.92. The molecule has 1 saturated carbocycles. The Balaban J connectivity index is 1.24. The minimum Gasteiger partial charge on any atom is -0.370 e. The second-order valence-corrected chi connectivity index (χ2v) is 9.48. The molecule has 4 heteroatoms. The van der Waals surface area contributed by atoms with Gasteiger partial charge in [0.05, 0.1) is 11.7 Å². The number of ether oxygens (including phenoxy) is 1. The zero-order chi connectivity index (χ0) is 18.6. The molecule has 1 spiro atoms. The van der Waals surface area contributed by atoms with Crippen LogP contribution in [-0.2, 0) is 4.74 Å². The van der Waals surface area contributed by atoms with Crippen LogP contribution in [0.15, 0.2) is 18.2 Å². The van der Waals surface area contributed by atoms with E-state index in [1.54, 1.807) is 0 Å². The van der Waals surface area contributed by atoms with Gasteiger partial charge in [0.25, 0.3) is 5.91 Å². The number of hydrogen-bond donors (Lipinski definition) is 1. The summed E-state index contributed by atoms with van der Waals surface area (Å²) >= 11 is 0. The van der Waals surface area contributed by atoms with Crippen molar-refractivity contribution in [3.63, 3.8) is 0 Å². The van der Waals surface area contributed by atoms with E-state index in [2.05, 4.69) is 23.2 Å². The summed E-state index contributed by atoms with van der Waals surface area (Å²) in [4.78, 5) is 15.4. The van der Waals surface area contributed by atoms with Crippen LogP contribution in [0.1, 0.15) is 53.6 Å². The number of amides is 1. The van der Waals surface area contributed by atoms with Crippen LogP contribution >= 0.6 is 0 Å². The maximum absolute atomic E-state index is 12.8. The van der Waals surface area contributed by atoms with E-state index in [1.165, 1.54) is 37.8 Å². The summed E-state index contributed by atoms with van der Waals surface area (Å²) in [6.07, 6.45) is 6.96. The predicted octanol–water partition coefficient (Wildman–Crippen LogP) is 3.31. The highest BCUT2D eigenvalue weighted by Gasteiger charge is 2.62. The highest BCUT2D eigenvalue weighted by Crippen LogP contribution is 2.54. The Hall–Kier alpha value is -1.39. The Morgan fingerprint density at radius 2 is 2.15 bits per heavy atom. The van der Waals surface area contributed by atoms with Gasteiger partial charge in [0.1, 0.15) is 0 Å². The molecule has 1 N–H and O–H groups in total. The van der Waals surface area contributed by atoms with Crippen molar-refractivity contribution in [2.24, 2.45) is 17.8 Å². The summed E-state index contributed by atoms with van der Waals surface area (Å²) < 4.78 is 6.55. The highest BCUT2D eigenvalue weighted by atomic mass is 16.5. The second-order valence-electron chi connectivity index (χ2n) is 9.48. The van der Waals surface area contributed by atoms with E-state index in [0.717, 1.165) is 43.1 Å². The zero-order valence-corrected chi connectivity index (χ0v) is 16.7. The summed E-state index contributed by atoms with van der Waals surface area (Å²) in [7, 11) is 0. The first-order chi connectivity index (χ1) is 13.1. The van der Waals surface area contributed by atoms with Crippen LogP contribution in [0.25, 0.3) is 0 Å². The summed E-state index contributed by atoms with van der Waals surface area (Å²) in [6.45, 7) is 8.39. The van der Waals surface area contributed by atoms with E-state index in [9.17, 15) is 4.79 Å². The number of nitrogens with one attached hydrogen (secondary N) is 1. The van der Waals surface area contributed by atoms with E-state index in [1.807, 2.05) is 19.1 Å². The molecule has 3 aliphatic heterocycles. The first-order valence-electron chi connectivity index (χ1n) is 10.8. The third-order valence-corrected chi connectivity index (χ3v) is 7.94. The van der Waals surface area contributed by atoms with Gasteiger partial charge in [-0.1, -0.05) is 18.6 Å². The first-order valence-corrected chi connectivity index (χ1v) is 10.8. The number of fused-ring (bicyclic) bond motifs is 1. The molecule has 1 aromatic carbocycles. The van der Waals surface area contributed by atoms with E-state index in [4.69, 9.17) is 4.74 Å². The van der Waals surface area contributed by atoms with Crippen molar-refractivity contribution in [1.29, 1.82) is 0 Å². The first kappa shape index (κ1) is 17.7. The fourth-order valence-corrected chi connectivity index (χ4v) is 6.04. The van der Waals surface area contributed by atoms with Gasteiger partial charge in [-0.15, -0.1) is 0 Å². The number of carbonyl (C=O) groups is 1. The molecule has 4 fully saturated rings. The van der Waals surface area contributed by atoms with E-state index < -0.39 is 0 Å². The van der Waals surface area contributed by atoms with Crippen LogP contribution in [0.2, 0.25) is 0 Å². The van der Waals surface area contributed by atoms with Crippen LogP contribution in [-0.4, -0.2) is 48.7 Å². The van der Waals surface area contributed by atoms with Gasteiger partial charge in [0.2, 0.25) is 0 Å². The molecule has 1 amide bonds. The number of hydrogen-bond acceptors (Lipinski definition) is 3. The molecule has 3 saturated heterocycles. The quantitative estimate of drug-likeness (QED) is 0.867. The van der Waals surface area contributed by atoms with Crippen molar-refractivity contribution in [2.75, 3.05) is 26.2 Å². The lowest BCUT2D eigenvalue weighted by molar-refractivity contribution is 0.000542. The Kier molecular flexibility index (Phi) is 4.32. The minimum absolute atomic E-state index is 0.0670. The monoisotopic (exact) mass is 368 g/mol. The Labute approximate surface area is 162 Å². The van der Waals surface area contributed by atoms with Gasteiger partial charge in [-0.2, -0.15) is 0 Å². The number of aryl methyl sites for hydroxylation is 1. The SMILES string of the molecule is Cc1cccc(C(=O)NC[C@H]2[C@H]3CN(CC4CCC4)C[C@]34CC[C@H]2O4)c1C. The molecule has 4 atom stereocenters. The van der Waals surface area contributed by atoms with Crippen molar-refractivity contribution < 1.29 is 9.53 Å². The van der Waals surface area contributed by atoms with Gasteiger partial charge < -0.3 is 10.1 Å². The topological polar surface area (TPSA) is 41.6 Å². The molecule has 4 aliphatic rings. The second kappa shape index (κ2) is 6.59. The van der Waals surface area contributed by atoms with Crippen molar-refractivity contribution in [1.82, 2.24) is 10.2 Å². The Bertz CT molecular complexity index is 744. The molecule has 5 rings (SSSR count). The van der Waals surface area contributed by atoms with E-state index in [0.29, 0.717) is 17.9 Å². The maximum atomic E-state index is 12.8. The average Bonchev–Trinajstić information content (AvgIpc) is 3.26. The minimum atomic E-state index is 0.0670. The van der Waals surface area contributed by atoms with Crippen LogP contribution < -0.4 is 5.32 Å². The Morgan fingerprint density at radius 1 is 1.30 bits per heavy atom. The van der Waals surface area contributed by atoms with Gasteiger partial charge >= 0.3 is 0 Å². The van der Waals surface area contributed by atoms with Crippen LogP contribution in [0.4, 0.5) is 0 Å². The lowest BCUT2D eigenvalue weighted by Crippen LogP contribution is -2.42. The summed E-state index contributed by atoms with van der Waals surface area (Å²) in [5.74, 6) is 2.05. The number of benzene rings is 1. The molecule has 0 radical (unpaired) electrons. The van der Waals surface area contributed by atoms with E-state index in [-0.39, 0.29) is 11.5 Å². The maximum Gasteiger partial charge on any atom is 0.251 e. The summed E-state index contributed by atoms with van der Waals surface area (Å²) in [5.41, 5.74) is 3.16. The lowest BCUT2D eigenvalue weighted by atomic mass is 9.73. The standard InChI is InChI=1S/C23H32N2O2/c1-15-5-3-8-18(16(15)2)22(26)24-11-19-20-13-25(12-17-6-4-7-17)14-23(20)10-9-21(19)27-23/h3,5,8,17,19-21H,4,6-7,9-14H2,1-2H3,(H,24,26)/t19-,20+,21+,23+/m0/s1. The Morgan fingerprint density at radius 3 is 2.93 bits per heavy atom. The fraction of sp³-hybridized carbons (Fsp3) is 0.696. The van der Waals surface area contributed by atoms with Crippen LogP contribution in [0.5, 0.6) is 0 Å². The van der Waals surface area contributed by atoms with Crippen molar-refractivity contribution in [3.8, 4) is 0 Å². The predicted molar refractivity (Wildman–Crippen MR) is 106 cm³/mol. The molecule has 1 aliphatic carbocycles. The summed E-state index contributed by atoms with van der Waals surface area (Å²) in [6, 6.07) is 5.98. The number of carbonyl (C=O) groups excluding carboxylic acids is 1. The van der Waals surface area contributed by atoms with Crippen LogP contribution in [0, 0.1) is 31.6 Å². The van der Waals surface area contributed by atoms with Gasteiger partial charge in [-0.3, -0.25) is 9.69 Å². The molecule has 4 nitrogen and oxygen atoms in total. The van der Waals surface area contributed by atoms with Crippen molar-refractivity contribution in [2.45, 2.75) is 57.7 Å². The number of nitrogens with zero attached hydrogens (tertiary/aromatic N) is 1. The molecule has 3 heterocycles. The smallest absolute Gasteiger partial charge is 0.251 e. The highest BCUT2D eigenvalue weighted by molar-refractivity contribution is 5.95. The molecule has 0 aromatic heterocycles. The molecule has 2 bridgehead atoms. The third-order valence-electron chi connectivity index (χ3n) is 7.94. The normalized spacial score (nSPS) is 35.3. The lowest BCUT2D eigenvalue weighted by Gasteiger charge is -2.31. The van der Waals surface area contributed by atoms with Crippen molar-refractivity contribution in [3.05, 3.63) is 34.9 Å². The number of likely N-dealkylation sites (tertiary alicyclic amines) is 1. The zero-order valence-electron chi connectivity index (χ0n) is 16.7. The fourth-order valence-electron chi connectivity index (χ4n) is 6.04.